The maximum Gasteiger partial charge on any atom is 0.198 e. The van der Waals surface area contributed by atoms with Crippen LogP contribution < -0.4 is 5.73 Å². The maximum atomic E-state index is 12.1. The molecular formula is C12H13N3O2S. The predicted octanol–water partition coefficient (Wildman–Crippen LogP) is 1.08. The van der Waals surface area contributed by atoms with Gasteiger partial charge in [-0.05, 0) is 24.3 Å². The van der Waals surface area contributed by atoms with Gasteiger partial charge in [-0.15, -0.1) is 0 Å². The van der Waals surface area contributed by atoms with E-state index in [1.807, 2.05) is 6.07 Å². The van der Waals surface area contributed by atoms with Gasteiger partial charge in [0.25, 0.3) is 0 Å². The first-order chi connectivity index (χ1) is 8.59. The minimum atomic E-state index is -3.47. The number of aromatic nitrogens is 2. The van der Waals surface area contributed by atoms with E-state index in [1.165, 1.54) is 12.3 Å². The third-order valence-electron chi connectivity index (χ3n) is 2.45. The molecule has 0 aliphatic rings. The van der Waals surface area contributed by atoms with E-state index in [-0.39, 0.29) is 16.5 Å². The van der Waals surface area contributed by atoms with Crippen LogP contribution >= 0.6 is 0 Å². The van der Waals surface area contributed by atoms with E-state index in [2.05, 4.69) is 9.97 Å². The van der Waals surface area contributed by atoms with Crippen molar-refractivity contribution in [3.63, 3.8) is 0 Å². The minimum absolute atomic E-state index is 0.0504. The highest BCUT2D eigenvalue weighted by Crippen LogP contribution is 2.16. The molecule has 0 spiro atoms. The Balaban J connectivity index is 2.16. The van der Waals surface area contributed by atoms with E-state index in [9.17, 15) is 8.42 Å². The summed E-state index contributed by atoms with van der Waals surface area (Å²) in [5.74, 6) is -0.0504. The van der Waals surface area contributed by atoms with Crippen LogP contribution in [-0.2, 0) is 16.3 Å². The normalized spacial score (nSPS) is 11.3. The summed E-state index contributed by atoms with van der Waals surface area (Å²) in [6.07, 6.45) is 3.40. The van der Waals surface area contributed by atoms with Gasteiger partial charge >= 0.3 is 0 Å². The quantitative estimate of drug-likeness (QED) is 0.891. The number of hydrogen-bond acceptors (Lipinski definition) is 5. The van der Waals surface area contributed by atoms with Crippen LogP contribution in [0.3, 0.4) is 0 Å². The standard InChI is InChI=1S/C12H13N3O2S/c13-11-5-3-8-15-12(11)18(16,17)9-6-10-4-1-2-7-14-10/h1-5,7-8H,6,9,13H2. The van der Waals surface area contributed by atoms with E-state index in [1.54, 1.807) is 24.4 Å². The molecule has 0 atom stereocenters. The third kappa shape index (κ3) is 2.84. The Bertz CT molecular complexity index is 627. The van der Waals surface area contributed by atoms with Crippen molar-refractivity contribution in [2.75, 3.05) is 11.5 Å². The van der Waals surface area contributed by atoms with Crippen LogP contribution in [0, 0.1) is 0 Å². The molecular weight excluding hydrogens is 250 g/mol. The Morgan fingerprint density at radius 2 is 1.83 bits per heavy atom. The van der Waals surface area contributed by atoms with Gasteiger partial charge in [-0.1, -0.05) is 6.07 Å². The first-order valence-electron chi connectivity index (χ1n) is 5.43. The molecule has 2 rings (SSSR count). The highest BCUT2D eigenvalue weighted by Gasteiger charge is 2.18. The van der Waals surface area contributed by atoms with Crippen LogP contribution in [0.5, 0.6) is 0 Å². The molecule has 2 aromatic rings. The molecule has 0 saturated heterocycles. The van der Waals surface area contributed by atoms with Crippen LogP contribution in [0.25, 0.3) is 0 Å². The molecule has 0 unspecified atom stereocenters. The van der Waals surface area contributed by atoms with Gasteiger partial charge < -0.3 is 5.73 Å². The van der Waals surface area contributed by atoms with Crippen molar-refractivity contribution in [2.24, 2.45) is 0 Å². The fourth-order valence-corrected chi connectivity index (χ4v) is 2.86. The lowest BCUT2D eigenvalue weighted by molar-refractivity contribution is 0.592. The fourth-order valence-electron chi connectivity index (χ4n) is 1.54. The Labute approximate surface area is 106 Å². The Hall–Kier alpha value is -1.95. The molecule has 2 N–H and O–H groups in total. The number of aryl methyl sites for hydroxylation is 1. The molecule has 0 aliphatic heterocycles. The van der Waals surface area contributed by atoms with Crippen LogP contribution in [0.4, 0.5) is 5.69 Å². The van der Waals surface area contributed by atoms with Gasteiger partial charge in [-0.2, -0.15) is 0 Å². The molecule has 5 nitrogen and oxygen atoms in total. The van der Waals surface area contributed by atoms with E-state index < -0.39 is 9.84 Å². The number of rotatable bonds is 4. The molecule has 2 aromatic heterocycles. The van der Waals surface area contributed by atoms with Gasteiger partial charge in [0, 0.05) is 24.5 Å². The van der Waals surface area contributed by atoms with E-state index in [0.717, 1.165) is 5.69 Å². The topological polar surface area (TPSA) is 85.9 Å². The molecule has 94 valence electrons. The van der Waals surface area contributed by atoms with Gasteiger partial charge in [0.15, 0.2) is 14.9 Å². The van der Waals surface area contributed by atoms with Gasteiger partial charge in [-0.3, -0.25) is 4.98 Å². The summed E-state index contributed by atoms with van der Waals surface area (Å²) in [6.45, 7) is 0. The molecule has 0 aliphatic carbocycles. The highest BCUT2D eigenvalue weighted by molar-refractivity contribution is 7.91. The molecule has 0 bridgehead atoms. The van der Waals surface area contributed by atoms with Gasteiger partial charge in [0.2, 0.25) is 0 Å². The Morgan fingerprint density at radius 1 is 1.06 bits per heavy atom. The van der Waals surface area contributed by atoms with Crippen molar-refractivity contribution in [3.05, 3.63) is 48.4 Å². The zero-order valence-corrected chi connectivity index (χ0v) is 10.5. The maximum absolute atomic E-state index is 12.1. The lowest BCUT2D eigenvalue weighted by Gasteiger charge is -2.05. The van der Waals surface area contributed by atoms with Crippen molar-refractivity contribution in [3.8, 4) is 0 Å². The van der Waals surface area contributed by atoms with Crippen LogP contribution in [-0.4, -0.2) is 24.1 Å². The summed E-state index contributed by atoms with van der Waals surface area (Å²) in [5, 5.41) is -0.0547. The van der Waals surface area contributed by atoms with Crippen molar-refractivity contribution in [1.82, 2.24) is 9.97 Å². The number of sulfone groups is 1. The summed E-state index contributed by atoms with van der Waals surface area (Å²) in [6, 6.07) is 8.53. The number of anilines is 1. The lowest BCUT2D eigenvalue weighted by Crippen LogP contribution is -2.13. The summed E-state index contributed by atoms with van der Waals surface area (Å²) >= 11 is 0. The van der Waals surface area contributed by atoms with Crippen molar-refractivity contribution in [2.45, 2.75) is 11.4 Å². The first kappa shape index (κ1) is 12.5. The molecule has 0 fully saturated rings. The average Bonchev–Trinajstić information content (AvgIpc) is 2.38. The summed E-state index contributed by atoms with van der Waals surface area (Å²) in [7, 11) is -3.47. The third-order valence-corrected chi connectivity index (χ3v) is 4.12. The lowest BCUT2D eigenvalue weighted by atomic mass is 10.3. The second-order valence-electron chi connectivity index (χ2n) is 3.79. The molecule has 0 aromatic carbocycles. The van der Waals surface area contributed by atoms with E-state index >= 15 is 0 Å². The van der Waals surface area contributed by atoms with Crippen molar-refractivity contribution >= 4 is 15.5 Å². The molecule has 2 heterocycles. The zero-order valence-electron chi connectivity index (χ0n) is 9.65. The largest absolute Gasteiger partial charge is 0.396 e. The number of nitrogen functional groups attached to an aromatic ring is 1. The highest BCUT2D eigenvalue weighted by atomic mass is 32.2. The average molecular weight is 263 g/mol. The molecule has 0 saturated carbocycles. The number of pyridine rings is 2. The molecule has 0 amide bonds. The molecule has 0 radical (unpaired) electrons. The minimum Gasteiger partial charge on any atom is -0.396 e. The van der Waals surface area contributed by atoms with Crippen LogP contribution in [0.15, 0.2) is 47.8 Å². The van der Waals surface area contributed by atoms with Gasteiger partial charge in [-0.25, -0.2) is 13.4 Å². The van der Waals surface area contributed by atoms with Gasteiger partial charge in [0.05, 0.1) is 11.4 Å². The predicted molar refractivity (Wildman–Crippen MR) is 68.6 cm³/mol. The molecule has 6 heteroatoms. The fraction of sp³-hybridized carbons (Fsp3) is 0.167. The smallest absolute Gasteiger partial charge is 0.198 e. The van der Waals surface area contributed by atoms with E-state index in [0.29, 0.717) is 6.42 Å². The first-order valence-corrected chi connectivity index (χ1v) is 7.08. The Morgan fingerprint density at radius 3 is 2.50 bits per heavy atom. The summed E-state index contributed by atoms with van der Waals surface area (Å²) in [5.41, 5.74) is 6.53. The van der Waals surface area contributed by atoms with Crippen molar-refractivity contribution < 1.29 is 8.42 Å². The monoisotopic (exact) mass is 263 g/mol. The van der Waals surface area contributed by atoms with E-state index in [4.69, 9.17) is 5.73 Å². The molecule has 18 heavy (non-hydrogen) atoms. The Kier molecular flexibility index (Phi) is 3.57. The second kappa shape index (κ2) is 5.14. The summed E-state index contributed by atoms with van der Waals surface area (Å²) < 4.78 is 24.1. The number of nitrogens with zero attached hydrogens (tertiary/aromatic N) is 2. The van der Waals surface area contributed by atoms with Crippen LogP contribution in [0.1, 0.15) is 5.69 Å². The number of nitrogens with two attached hydrogens (primary N) is 1. The summed E-state index contributed by atoms with van der Waals surface area (Å²) in [4.78, 5) is 7.91. The zero-order chi connectivity index (χ0) is 13.0. The second-order valence-corrected chi connectivity index (χ2v) is 5.81. The van der Waals surface area contributed by atoms with Crippen molar-refractivity contribution in [1.29, 1.82) is 0 Å². The van der Waals surface area contributed by atoms with Gasteiger partial charge in [0.1, 0.15) is 0 Å². The SMILES string of the molecule is Nc1cccnc1S(=O)(=O)CCc1ccccn1. The van der Waals surface area contributed by atoms with Crippen LogP contribution in [0.2, 0.25) is 0 Å². The number of hydrogen-bond donors (Lipinski definition) is 1.